The molecule has 0 bridgehead atoms. The van der Waals surface area contributed by atoms with Crippen LogP contribution >= 0.6 is 23.1 Å². The lowest BCUT2D eigenvalue weighted by molar-refractivity contribution is -0.123. The van der Waals surface area contributed by atoms with Crippen LogP contribution in [0.25, 0.3) is 4.96 Å². The van der Waals surface area contributed by atoms with Crippen LogP contribution in [0.5, 0.6) is 0 Å². The molecule has 0 aliphatic rings. The molecule has 0 aliphatic heterocycles. The number of hydrogen-bond acceptors (Lipinski definition) is 5. The molecule has 0 spiro atoms. The molecule has 0 aromatic carbocycles. The zero-order valence-corrected chi connectivity index (χ0v) is 11.7. The van der Waals surface area contributed by atoms with Gasteiger partial charge in [-0.05, 0) is 6.26 Å². The van der Waals surface area contributed by atoms with E-state index < -0.39 is 24.2 Å². The molecule has 0 saturated heterocycles. The average molecular weight is 323 g/mol. The first kappa shape index (κ1) is 14.9. The number of alkyl halides is 3. The van der Waals surface area contributed by atoms with E-state index in [1.165, 1.54) is 17.5 Å². The van der Waals surface area contributed by atoms with Crippen LogP contribution in [0.15, 0.2) is 21.4 Å². The highest BCUT2D eigenvalue weighted by Crippen LogP contribution is 2.19. The van der Waals surface area contributed by atoms with E-state index in [4.69, 9.17) is 0 Å². The Morgan fingerprint density at radius 3 is 2.85 bits per heavy atom. The largest absolute Gasteiger partial charge is 0.405 e. The van der Waals surface area contributed by atoms with Crippen molar-refractivity contribution in [2.24, 2.45) is 0 Å². The van der Waals surface area contributed by atoms with Crippen LogP contribution in [0.1, 0.15) is 10.4 Å². The van der Waals surface area contributed by atoms with Crippen LogP contribution in [-0.2, 0) is 0 Å². The summed E-state index contributed by atoms with van der Waals surface area (Å²) in [5.74, 6) is -1.08. The topological polar surface area (TPSA) is 63.5 Å². The Bertz CT molecular complexity index is 708. The van der Waals surface area contributed by atoms with Crippen molar-refractivity contribution >= 4 is 34.0 Å². The fraction of sp³-hybridized carbons (Fsp3) is 0.300. The Morgan fingerprint density at radius 1 is 1.55 bits per heavy atom. The highest BCUT2D eigenvalue weighted by molar-refractivity contribution is 7.98. The van der Waals surface area contributed by atoms with Gasteiger partial charge >= 0.3 is 6.18 Å². The normalized spacial score (nSPS) is 11.8. The number of aromatic nitrogens is 2. The fourth-order valence-electron chi connectivity index (χ4n) is 1.47. The summed E-state index contributed by atoms with van der Waals surface area (Å²) in [7, 11) is 0. The lowest BCUT2D eigenvalue weighted by atomic mass is 10.3. The van der Waals surface area contributed by atoms with Crippen LogP contribution in [-0.4, -0.2) is 34.3 Å². The first-order chi connectivity index (χ1) is 9.33. The number of amides is 1. The number of thiazole rings is 1. The Kier molecular flexibility index (Phi) is 4.04. The predicted molar refractivity (Wildman–Crippen MR) is 69.5 cm³/mol. The van der Waals surface area contributed by atoms with Gasteiger partial charge in [0, 0.05) is 11.6 Å². The van der Waals surface area contributed by atoms with Gasteiger partial charge in [-0.1, -0.05) is 0 Å². The van der Waals surface area contributed by atoms with Crippen molar-refractivity contribution in [3.05, 3.63) is 27.5 Å². The summed E-state index contributed by atoms with van der Waals surface area (Å²) < 4.78 is 37.4. The van der Waals surface area contributed by atoms with E-state index in [0.29, 0.717) is 4.96 Å². The van der Waals surface area contributed by atoms with Gasteiger partial charge in [-0.25, -0.2) is 4.98 Å². The lowest BCUT2D eigenvalue weighted by Crippen LogP contribution is -2.37. The van der Waals surface area contributed by atoms with E-state index >= 15 is 0 Å². The number of thioether (sulfide) groups is 1. The SMILES string of the molecule is CSc1nc2sccn2c(=O)c1C(=O)NCC(F)(F)F. The number of carbonyl (C=O) groups is 1. The van der Waals surface area contributed by atoms with Crippen LogP contribution in [0, 0.1) is 0 Å². The summed E-state index contributed by atoms with van der Waals surface area (Å²) in [5.41, 5.74) is -1.06. The first-order valence-electron chi connectivity index (χ1n) is 5.22. The molecule has 1 N–H and O–H groups in total. The maximum absolute atomic E-state index is 12.1. The molecule has 10 heteroatoms. The average Bonchev–Trinajstić information content (AvgIpc) is 2.83. The molecule has 0 radical (unpaired) electrons. The number of hydrogen-bond donors (Lipinski definition) is 1. The Balaban J connectivity index is 2.44. The van der Waals surface area contributed by atoms with Gasteiger partial charge in [-0.2, -0.15) is 13.2 Å². The molecule has 2 aromatic heterocycles. The minimum atomic E-state index is -4.54. The molecule has 5 nitrogen and oxygen atoms in total. The van der Waals surface area contributed by atoms with Crippen LogP contribution in [0.4, 0.5) is 13.2 Å². The quantitative estimate of drug-likeness (QED) is 0.691. The van der Waals surface area contributed by atoms with Gasteiger partial charge < -0.3 is 5.32 Å². The highest BCUT2D eigenvalue weighted by atomic mass is 32.2. The minimum Gasteiger partial charge on any atom is -0.343 e. The maximum Gasteiger partial charge on any atom is 0.405 e. The second-order valence-electron chi connectivity index (χ2n) is 3.65. The molecule has 1 amide bonds. The Morgan fingerprint density at radius 2 is 2.25 bits per heavy atom. The summed E-state index contributed by atoms with van der Waals surface area (Å²) in [6, 6.07) is 0. The van der Waals surface area contributed by atoms with E-state index in [1.54, 1.807) is 17.0 Å². The van der Waals surface area contributed by atoms with E-state index in [9.17, 15) is 22.8 Å². The van der Waals surface area contributed by atoms with Gasteiger partial charge in [0.2, 0.25) is 0 Å². The van der Waals surface area contributed by atoms with Crippen molar-refractivity contribution in [2.45, 2.75) is 11.2 Å². The van der Waals surface area contributed by atoms with Crippen molar-refractivity contribution in [1.82, 2.24) is 14.7 Å². The Hall–Kier alpha value is -1.55. The Labute approximate surface area is 118 Å². The van der Waals surface area contributed by atoms with Gasteiger partial charge in [0.15, 0.2) is 4.96 Å². The first-order valence-corrected chi connectivity index (χ1v) is 7.32. The molecular weight excluding hydrogens is 315 g/mol. The number of carbonyl (C=O) groups excluding carboxylic acids is 1. The third-order valence-corrected chi connectivity index (χ3v) is 3.74. The third kappa shape index (κ3) is 2.96. The second-order valence-corrected chi connectivity index (χ2v) is 5.32. The predicted octanol–water partition coefficient (Wildman–Crippen LogP) is 1.77. The van der Waals surface area contributed by atoms with Crippen molar-refractivity contribution in [3.63, 3.8) is 0 Å². The third-order valence-electron chi connectivity index (χ3n) is 2.30. The summed E-state index contributed by atoms with van der Waals surface area (Å²) in [6.07, 6.45) is -1.53. The molecule has 0 atom stereocenters. The highest BCUT2D eigenvalue weighted by Gasteiger charge is 2.29. The van der Waals surface area contributed by atoms with Crippen molar-refractivity contribution in [3.8, 4) is 0 Å². The van der Waals surface area contributed by atoms with Gasteiger partial charge in [0.05, 0.1) is 0 Å². The van der Waals surface area contributed by atoms with Crippen LogP contribution < -0.4 is 10.9 Å². The molecule has 2 aromatic rings. The van der Waals surface area contributed by atoms with Crippen LogP contribution in [0.3, 0.4) is 0 Å². The summed E-state index contributed by atoms with van der Waals surface area (Å²) in [5, 5.41) is 3.40. The van der Waals surface area contributed by atoms with Crippen molar-refractivity contribution in [1.29, 1.82) is 0 Å². The molecular formula is C10H8F3N3O2S2. The zero-order chi connectivity index (χ0) is 14.9. The fourth-order valence-corrected chi connectivity index (χ4v) is 2.80. The van der Waals surface area contributed by atoms with E-state index in [2.05, 4.69) is 4.98 Å². The van der Waals surface area contributed by atoms with E-state index in [-0.39, 0.29) is 10.6 Å². The van der Waals surface area contributed by atoms with Gasteiger partial charge in [-0.15, -0.1) is 23.1 Å². The number of halogens is 3. The molecule has 108 valence electrons. The zero-order valence-electron chi connectivity index (χ0n) is 10.0. The molecule has 2 rings (SSSR count). The smallest absolute Gasteiger partial charge is 0.343 e. The second kappa shape index (κ2) is 5.44. The van der Waals surface area contributed by atoms with E-state index in [0.717, 1.165) is 16.2 Å². The summed E-state index contributed by atoms with van der Waals surface area (Å²) in [6.45, 7) is -1.49. The van der Waals surface area contributed by atoms with Gasteiger partial charge in [0.1, 0.15) is 17.1 Å². The number of nitrogens with one attached hydrogen (secondary N) is 1. The number of nitrogens with zero attached hydrogens (tertiary/aromatic N) is 2. The molecule has 0 unspecified atom stereocenters. The number of rotatable bonds is 3. The van der Waals surface area contributed by atoms with Crippen LogP contribution in [0.2, 0.25) is 0 Å². The minimum absolute atomic E-state index is 0.108. The number of fused-ring (bicyclic) bond motifs is 1. The summed E-state index contributed by atoms with van der Waals surface area (Å²) in [4.78, 5) is 28.4. The van der Waals surface area contributed by atoms with E-state index in [1.807, 2.05) is 0 Å². The van der Waals surface area contributed by atoms with Gasteiger partial charge in [-0.3, -0.25) is 14.0 Å². The summed E-state index contributed by atoms with van der Waals surface area (Å²) >= 11 is 2.23. The lowest BCUT2D eigenvalue weighted by Gasteiger charge is -2.09. The molecule has 2 heterocycles. The van der Waals surface area contributed by atoms with Crippen molar-refractivity contribution < 1.29 is 18.0 Å². The standard InChI is InChI=1S/C10H8F3N3O2S2/c1-19-7-5(6(17)14-4-10(11,12)13)8(18)16-2-3-20-9(16)15-7/h2-3H,4H2,1H3,(H,14,17). The molecule has 20 heavy (non-hydrogen) atoms. The monoisotopic (exact) mass is 323 g/mol. The molecule has 0 fully saturated rings. The molecule has 0 saturated carbocycles. The maximum atomic E-state index is 12.1. The van der Waals surface area contributed by atoms with Crippen molar-refractivity contribution in [2.75, 3.05) is 12.8 Å². The van der Waals surface area contributed by atoms with Gasteiger partial charge in [0.25, 0.3) is 11.5 Å². The molecule has 0 aliphatic carbocycles.